The van der Waals surface area contributed by atoms with Crippen LogP contribution in [0.3, 0.4) is 0 Å². The summed E-state index contributed by atoms with van der Waals surface area (Å²) in [5, 5.41) is 12.9. The monoisotopic (exact) mass is 360 g/mol. The lowest BCUT2D eigenvalue weighted by molar-refractivity contribution is 0.360. The third kappa shape index (κ3) is 4.11. The third-order valence-corrected chi connectivity index (χ3v) is 4.38. The van der Waals surface area contributed by atoms with E-state index in [0.717, 1.165) is 17.7 Å². The summed E-state index contributed by atoms with van der Waals surface area (Å²) in [6.07, 6.45) is 0.770. The molecule has 3 rings (SSSR count). The summed E-state index contributed by atoms with van der Waals surface area (Å²) in [6.45, 7) is 4.21. The molecule has 0 amide bonds. The maximum atomic E-state index is 6.12. The van der Waals surface area contributed by atoms with Gasteiger partial charge in [0.05, 0.1) is 12.9 Å². The molecule has 8 nitrogen and oxygen atoms in total. The first-order valence-corrected chi connectivity index (χ1v) is 8.84. The summed E-state index contributed by atoms with van der Waals surface area (Å²) < 4.78 is 11.8. The molecule has 0 saturated heterocycles. The Morgan fingerprint density at radius 3 is 2.68 bits per heavy atom. The summed E-state index contributed by atoms with van der Waals surface area (Å²) >= 11 is 1.41. The average molecular weight is 360 g/mol. The van der Waals surface area contributed by atoms with Gasteiger partial charge in [-0.25, -0.2) is 4.68 Å². The van der Waals surface area contributed by atoms with Gasteiger partial charge in [-0.05, 0) is 30.2 Å². The topological polar surface area (TPSA) is 105 Å². The van der Waals surface area contributed by atoms with E-state index in [1.54, 1.807) is 7.11 Å². The second-order valence-electron chi connectivity index (χ2n) is 5.90. The second kappa shape index (κ2) is 7.56. The zero-order chi connectivity index (χ0) is 17.8. The maximum absolute atomic E-state index is 6.12. The molecule has 9 heteroatoms. The van der Waals surface area contributed by atoms with Gasteiger partial charge in [-0.1, -0.05) is 30.8 Å². The molecular formula is C16H20N6O2S. The average Bonchev–Trinajstić information content (AvgIpc) is 3.19. The van der Waals surface area contributed by atoms with E-state index in [0.29, 0.717) is 34.4 Å². The molecular weight excluding hydrogens is 340 g/mol. The van der Waals surface area contributed by atoms with Crippen LogP contribution in [0.15, 0.2) is 33.9 Å². The van der Waals surface area contributed by atoms with Crippen LogP contribution in [0.25, 0.3) is 11.4 Å². The summed E-state index contributed by atoms with van der Waals surface area (Å²) in [5.41, 5.74) is 0.862. The van der Waals surface area contributed by atoms with Crippen LogP contribution in [0.4, 0.5) is 0 Å². The Hall–Kier alpha value is -2.55. The normalized spacial score (nSPS) is 11.2. The van der Waals surface area contributed by atoms with Gasteiger partial charge in [-0.3, -0.25) is 0 Å². The first-order valence-electron chi connectivity index (χ1n) is 7.86. The molecule has 2 heterocycles. The minimum atomic E-state index is 0.472. The first-order chi connectivity index (χ1) is 12.1. The highest BCUT2D eigenvalue weighted by Gasteiger charge is 2.14. The van der Waals surface area contributed by atoms with Gasteiger partial charge in [0.1, 0.15) is 5.75 Å². The molecule has 0 unspecified atom stereocenters. The van der Waals surface area contributed by atoms with Crippen molar-refractivity contribution in [2.24, 2.45) is 5.92 Å². The number of nitrogens with zero attached hydrogens (tertiary/aromatic N) is 5. The molecule has 3 aromatic rings. The molecule has 0 radical (unpaired) electrons. The highest BCUT2D eigenvalue weighted by Crippen LogP contribution is 2.25. The number of rotatable bonds is 7. The number of nitrogen functional groups attached to an aromatic ring is 1. The molecule has 132 valence electrons. The van der Waals surface area contributed by atoms with Crippen LogP contribution in [0, 0.1) is 5.92 Å². The van der Waals surface area contributed by atoms with Gasteiger partial charge in [0.15, 0.2) is 11.6 Å². The minimum absolute atomic E-state index is 0.472. The van der Waals surface area contributed by atoms with E-state index < -0.39 is 0 Å². The van der Waals surface area contributed by atoms with Crippen molar-refractivity contribution >= 4 is 11.8 Å². The third-order valence-electron chi connectivity index (χ3n) is 3.44. The van der Waals surface area contributed by atoms with E-state index in [1.165, 1.54) is 16.4 Å². The lowest BCUT2D eigenvalue weighted by atomic mass is 10.1. The molecule has 1 aromatic carbocycles. The van der Waals surface area contributed by atoms with Crippen LogP contribution in [0.2, 0.25) is 0 Å². The van der Waals surface area contributed by atoms with Crippen LogP contribution in [0.5, 0.6) is 5.75 Å². The molecule has 25 heavy (non-hydrogen) atoms. The number of thioether (sulfide) groups is 1. The zero-order valence-electron chi connectivity index (χ0n) is 14.3. The number of aromatic nitrogens is 5. The van der Waals surface area contributed by atoms with E-state index >= 15 is 0 Å². The van der Waals surface area contributed by atoms with Gasteiger partial charge < -0.3 is 15.1 Å². The van der Waals surface area contributed by atoms with Crippen LogP contribution < -0.4 is 10.6 Å². The van der Waals surface area contributed by atoms with Crippen molar-refractivity contribution < 1.29 is 9.26 Å². The Morgan fingerprint density at radius 1 is 1.24 bits per heavy atom. The van der Waals surface area contributed by atoms with Crippen molar-refractivity contribution in [2.75, 3.05) is 13.0 Å². The number of hydrogen-bond acceptors (Lipinski definition) is 8. The second-order valence-corrected chi connectivity index (χ2v) is 6.84. The van der Waals surface area contributed by atoms with Crippen LogP contribution in [-0.2, 0) is 12.2 Å². The lowest BCUT2D eigenvalue weighted by Gasteiger charge is -2.04. The van der Waals surface area contributed by atoms with Gasteiger partial charge in [0.2, 0.25) is 11.0 Å². The standard InChI is InChI=1S/C16H20N6O2S/c1-10(2)8-14-18-13(21-24-14)9-25-16-20-19-15(22(16)17)11-4-6-12(23-3)7-5-11/h4-7,10H,8-9,17H2,1-3H3. The molecule has 0 saturated carbocycles. The van der Waals surface area contributed by atoms with E-state index in [9.17, 15) is 0 Å². The number of ether oxygens (including phenoxy) is 1. The SMILES string of the molecule is COc1ccc(-c2nnc(SCc3noc(CC(C)C)n3)n2N)cc1. The predicted molar refractivity (Wildman–Crippen MR) is 94.6 cm³/mol. The van der Waals surface area contributed by atoms with Crippen molar-refractivity contribution in [3.63, 3.8) is 0 Å². The molecule has 0 spiro atoms. The fourth-order valence-electron chi connectivity index (χ4n) is 2.22. The van der Waals surface area contributed by atoms with E-state index in [4.69, 9.17) is 15.1 Å². The smallest absolute Gasteiger partial charge is 0.226 e. The van der Waals surface area contributed by atoms with Crippen LogP contribution >= 0.6 is 11.8 Å². The van der Waals surface area contributed by atoms with Crippen molar-refractivity contribution in [2.45, 2.75) is 31.2 Å². The molecule has 2 N–H and O–H groups in total. The van der Waals surface area contributed by atoms with Crippen molar-refractivity contribution in [1.82, 2.24) is 25.0 Å². The molecule has 0 bridgehead atoms. The largest absolute Gasteiger partial charge is 0.497 e. The molecule has 0 atom stereocenters. The number of nitrogens with two attached hydrogens (primary N) is 1. The minimum Gasteiger partial charge on any atom is -0.497 e. The summed E-state index contributed by atoms with van der Waals surface area (Å²) in [5.74, 6) is 9.73. The molecule has 0 aliphatic carbocycles. The summed E-state index contributed by atoms with van der Waals surface area (Å²) in [4.78, 5) is 4.37. The predicted octanol–water partition coefficient (Wildman–Crippen LogP) is 2.54. The van der Waals surface area contributed by atoms with Crippen LogP contribution in [-0.4, -0.2) is 32.1 Å². The number of benzene rings is 1. The van der Waals surface area contributed by atoms with Crippen molar-refractivity contribution in [3.8, 4) is 17.1 Å². The molecule has 0 fully saturated rings. The van der Waals surface area contributed by atoms with E-state index in [-0.39, 0.29) is 0 Å². The highest BCUT2D eigenvalue weighted by molar-refractivity contribution is 7.98. The van der Waals surface area contributed by atoms with E-state index in [1.807, 2.05) is 24.3 Å². The van der Waals surface area contributed by atoms with Crippen molar-refractivity contribution in [3.05, 3.63) is 36.0 Å². The first kappa shape index (κ1) is 17.3. The van der Waals surface area contributed by atoms with Gasteiger partial charge >= 0.3 is 0 Å². The fourth-order valence-corrected chi connectivity index (χ4v) is 2.92. The number of methoxy groups -OCH3 is 1. The van der Waals surface area contributed by atoms with Crippen molar-refractivity contribution in [1.29, 1.82) is 0 Å². The highest BCUT2D eigenvalue weighted by atomic mass is 32.2. The Morgan fingerprint density at radius 2 is 2.00 bits per heavy atom. The molecule has 0 aliphatic rings. The Kier molecular flexibility index (Phi) is 5.22. The van der Waals surface area contributed by atoms with Gasteiger partial charge in [-0.15, -0.1) is 10.2 Å². The van der Waals surface area contributed by atoms with Gasteiger partial charge in [0, 0.05) is 12.0 Å². The van der Waals surface area contributed by atoms with E-state index in [2.05, 4.69) is 34.2 Å². The number of hydrogen-bond donors (Lipinski definition) is 1. The maximum Gasteiger partial charge on any atom is 0.226 e. The summed E-state index contributed by atoms with van der Waals surface area (Å²) in [7, 11) is 1.62. The summed E-state index contributed by atoms with van der Waals surface area (Å²) in [6, 6.07) is 7.48. The zero-order valence-corrected chi connectivity index (χ0v) is 15.2. The Bertz CT molecular complexity index is 828. The van der Waals surface area contributed by atoms with Gasteiger partial charge in [0.25, 0.3) is 0 Å². The lowest BCUT2D eigenvalue weighted by Crippen LogP contribution is -2.11. The quantitative estimate of drug-likeness (QED) is 0.506. The fraction of sp³-hybridized carbons (Fsp3) is 0.375. The Balaban J connectivity index is 1.67. The Labute approximate surface area is 149 Å². The molecule has 2 aromatic heterocycles. The van der Waals surface area contributed by atoms with Crippen LogP contribution in [0.1, 0.15) is 25.6 Å². The molecule has 0 aliphatic heterocycles. The van der Waals surface area contributed by atoms with Gasteiger partial charge in [-0.2, -0.15) is 4.98 Å².